The van der Waals surface area contributed by atoms with Crippen molar-refractivity contribution in [2.24, 2.45) is 5.92 Å². The van der Waals surface area contributed by atoms with Crippen LogP contribution in [0, 0.1) is 11.7 Å². The maximum absolute atomic E-state index is 14.6. The summed E-state index contributed by atoms with van der Waals surface area (Å²) in [7, 11) is 0. The van der Waals surface area contributed by atoms with Crippen molar-refractivity contribution in [3.63, 3.8) is 0 Å². The molecule has 4 rings (SSSR count). The molecule has 1 aliphatic rings. The zero-order valence-corrected chi connectivity index (χ0v) is 20.5. The summed E-state index contributed by atoms with van der Waals surface area (Å²) in [6, 6.07) is 9.06. The summed E-state index contributed by atoms with van der Waals surface area (Å²) in [6.45, 7) is 4.27. The summed E-state index contributed by atoms with van der Waals surface area (Å²) in [5.74, 6) is -3.25. The van der Waals surface area contributed by atoms with E-state index in [-0.39, 0.29) is 42.2 Å². The maximum Gasteiger partial charge on any atom is 0.355 e. The third-order valence-corrected chi connectivity index (χ3v) is 6.30. The summed E-state index contributed by atoms with van der Waals surface area (Å²) < 4.78 is 44.6. The molecular weight excluding hydrogens is 487 g/mol. The Hall–Kier alpha value is -4.15. The fourth-order valence-corrected chi connectivity index (χ4v) is 4.37. The Morgan fingerprint density at radius 2 is 1.81 bits per heavy atom. The van der Waals surface area contributed by atoms with Gasteiger partial charge < -0.3 is 10.3 Å². The minimum Gasteiger partial charge on any atom is -0.346 e. The number of benzene rings is 1. The van der Waals surface area contributed by atoms with E-state index in [4.69, 9.17) is 0 Å². The van der Waals surface area contributed by atoms with Crippen molar-refractivity contribution in [3.05, 3.63) is 114 Å². The van der Waals surface area contributed by atoms with E-state index in [2.05, 4.69) is 15.3 Å². The smallest absolute Gasteiger partial charge is 0.346 e. The van der Waals surface area contributed by atoms with Gasteiger partial charge in [-0.15, -0.1) is 0 Å². The van der Waals surface area contributed by atoms with Crippen molar-refractivity contribution in [2.45, 2.75) is 45.8 Å². The molecule has 194 valence electrons. The van der Waals surface area contributed by atoms with Crippen LogP contribution in [0.2, 0.25) is 0 Å². The molecule has 1 aliphatic carbocycles. The van der Waals surface area contributed by atoms with Crippen LogP contribution >= 0.6 is 0 Å². The van der Waals surface area contributed by atoms with E-state index in [1.54, 1.807) is 32.0 Å². The van der Waals surface area contributed by atoms with Gasteiger partial charge in [0, 0.05) is 29.8 Å². The molecule has 0 saturated heterocycles. The first-order chi connectivity index (χ1) is 17.5. The predicted molar refractivity (Wildman–Crippen MR) is 133 cm³/mol. The summed E-state index contributed by atoms with van der Waals surface area (Å²) in [4.78, 5) is 45.2. The van der Waals surface area contributed by atoms with Crippen molar-refractivity contribution in [3.8, 4) is 0 Å². The third kappa shape index (κ3) is 5.35. The Bertz CT molecular complexity index is 1580. The first-order valence-electron chi connectivity index (χ1n) is 11.6. The lowest BCUT2D eigenvalue weighted by Gasteiger charge is -2.30. The molecule has 11 heteroatoms. The van der Waals surface area contributed by atoms with Crippen LogP contribution in [0.25, 0.3) is 0 Å². The third-order valence-electron chi connectivity index (χ3n) is 6.30. The van der Waals surface area contributed by atoms with Crippen molar-refractivity contribution in [1.82, 2.24) is 19.1 Å². The molecule has 1 unspecified atom stereocenters. The van der Waals surface area contributed by atoms with Crippen LogP contribution in [-0.4, -0.2) is 19.1 Å². The lowest BCUT2D eigenvalue weighted by Crippen LogP contribution is -2.46. The normalized spacial score (nSPS) is 16.1. The zero-order chi connectivity index (χ0) is 26.9. The highest BCUT2D eigenvalue weighted by Gasteiger charge is 2.28. The highest BCUT2D eigenvalue weighted by Crippen LogP contribution is 2.32. The molecular formula is C26H26F3N5O3. The van der Waals surface area contributed by atoms with E-state index in [0.29, 0.717) is 0 Å². The van der Waals surface area contributed by atoms with Crippen LogP contribution in [0.3, 0.4) is 0 Å². The largest absolute Gasteiger partial charge is 0.355 e. The quantitative estimate of drug-likeness (QED) is 0.501. The molecule has 0 spiro atoms. The van der Waals surface area contributed by atoms with Gasteiger partial charge in [0.05, 0.1) is 12.1 Å². The van der Waals surface area contributed by atoms with Gasteiger partial charge in [-0.1, -0.05) is 24.3 Å². The molecule has 2 aromatic heterocycles. The topological polar surface area (TPSA) is 102 Å². The second-order valence-electron chi connectivity index (χ2n) is 9.52. The minimum atomic E-state index is -1.11. The first-order valence-corrected chi connectivity index (χ1v) is 11.6. The lowest BCUT2D eigenvalue weighted by molar-refractivity contribution is 0.431. The van der Waals surface area contributed by atoms with E-state index in [9.17, 15) is 27.6 Å². The fourth-order valence-electron chi connectivity index (χ4n) is 4.37. The van der Waals surface area contributed by atoms with Crippen molar-refractivity contribution >= 4 is 5.95 Å². The second kappa shape index (κ2) is 10.1. The Morgan fingerprint density at radius 1 is 1.08 bits per heavy atom. The number of hydrogen-bond acceptors (Lipinski definition) is 5. The SMILES string of the molecule is CC1=C(F)C(F)=CC(Cn2c(NC(C)(C)c3ccccc3F)nc(=O)n(Cc3ccc[nH]c3=O)c2=O)C1. The first kappa shape index (κ1) is 25.9. The molecule has 0 saturated carbocycles. The van der Waals surface area contributed by atoms with Gasteiger partial charge in [0.15, 0.2) is 11.7 Å². The number of anilines is 1. The van der Waals surface area contributed by atoms with Crippen molar-refractivity contribution in [2.75, 3.05) is 5.32 Å². The molecule has 2 N–H and O–H groups in total. The van der Waals surface area contributed by atoms with E-state index in [1.807, 2.05) is 0 Å². The molecule has 37 heavy (non-hydrogen) atoms. The summed E-state index contributed by atoms with van der Waals surface area (Å²) in [5.41, 5.74) is -2.71. The summed E-state index contributed by atoms with van der Waals surface area (Å²) in [6.07, 6.45) is 2.64. The number of nitrogens with zero attached hydrogens (tertiary/aromatic N) is 3. The highest BCUT2D eigenvalue weighted by molar-refractivity contribution is 5.37. The van der Waals surface area contributed by atoms with Gasteiger partial charge >= 0.3 is 11.4 Å². The molecule has 2 heterocycles. The van der Waals surface area contributed by atoms with Crippen LogP contribution in [0.4, 0.5) is 19.1 Å². The Kier molecular flexibility index (Phi) is 7.06. The number of aromatic nitrogens is 4. The lowest BCUT2D eigenvalue weighted by atomic mass is 9.93. The molecule has 0 radical (unpaired) electrons. The standard InChI is InChI=1S/C26H26F3N5O3/c1-15-11-16(12-20(28)21(15)29)13-33-23(32-26(2,3)18-8-4-5-9-19(18)27)31-24(36)34(25(33)37)14-17-7-6-10-30-22(17)35/h4-10,12,16H,11,13-14H2,1-3H3,(H,30,35)(H,31,32,36). The number of halogens is 3. The van der Waals surface area contributed by atoms with Crippen LogP contribution in [0.5, 0.6) is 0 Å². The maximum atomic E-state index is 14.6. The van der Waals surface area contributed by atoms with Gasteiger partial charge in [-0.25, -0.2) is 27.3 Å². The molecule has 0 amide bonds. The van der Waals surface area contributed by atoms with Crippen LogP contribution in [0.1, 0.15) is 38.3 Å². The molecule has 0 bridgehead atoms. The van der Waals surface area contributed by atoms with E-state index in [0.717, 1.165) is 15.2 Å². The number of pyridine rings is 1. The number of nitrogens with one attached hydrogen (secondary N) is 2. The average Bonchev–Trinajstić information content (AvgIpc) is 2.83. The van der Waals surface area contributed by atoms with Crippen LogP contribution < -0.4 is 22.3 Å². The van der Waals surface area contributed by atoms with Gasteiger partial charge in [0.25, 0.3) is 5.56 Å². The Labute approximate surface area is 209 Å². The number of allylic oxidation sites excluding steroid dienone is 4. The number of aromatic amines is 1. The van der Waals surface area contributed by atoms with Crippen molar-refractivity contribution < 1.29 is 13.2 Å². The van der Waals surface area contributed by atoms with Gasteiger partial charge in [-0.3, -0.25) is 9.36 Å². The Balaban J connectivity index is 1.82. The molecule has 1 aromatic carbocycles. The Morgan fingerprint density at radius 3 is 2.49 bits per heavy atom. The number of rotatable bonds is 7. The number of H-pyrrole nitrogens is 1. The van der Waals surface area contributed by atoms with Crippen molar-refractivity contribution in [1.29, 1.82) is 0 Å². The molecule has 8 nitrogen and oxygen atoms in total. The van der Waals surface area contributed by atoms with E-state index < -0.39 is 45.9 Å². The molecule has 0 fully saturated rings. The van der Waals surface area contributed by atoms with Gasteiger partial charge in [-0.2, -0.15) is 4.98 Å². The second-order valence-corrected chi connectivity index (χ2v) is 9.52. The fraction of sp³-hybridized carbons (Fsp3) is 0.308. The molecule has 0 aliphatic heterocycles. The van der Waals surface area contributed by atoms with E-state index in [1.165, 1.54) is 31.3 Å². The van der Waals surface area contributed by atoms with Crippen LogP contribution in [-0.2, 0) is 18.6 Å². The molecule has 1 atom stereocenters. The summed E-state index contributed by atoms with van der Waals surface area (Å²) >= 11 is 0. The average molecular weight is 514 g/mol. The monoisotopic (exact) mass is 513 g/mol. The van der Waals surface area contributed by atoms with Crippen LogP contribution in [0.15, 0.2) is 80.3 Å². The number of hydrogen-bond donors (Lipinski definition) is 2. The predicted octanol–water partition coefficient (Wildman–Crippen LogP) is 3.74. The zero-order valence-electron chi connectivity index (χ0n) is 20.5. The van der Waals surface area contributed by atoms with Gasteiger partial charge in [0.1, 0.15) is 5.82 Å². The van der Waals surface area contributed by atoms with Gasteiger partial charge in [0.2, 0.25) is 5.95 Å². The highest BCUT2D eigenvalue weighted by atomic mass is 19.2. The summed E-state index contributed by atoms with van der Waals surface area (Å²) in [5, 5.41) is 2.98. The minimum absolute atomic E-state index is 0.138. The molecule has 3 aromatic rings. The van der Waals surface area contributed by atoms with E-state index >= 15 is 0 Å². The van der Waals surface area contributed by atoms with Gasteiger partial charge in [-0.05, 0) is 51.0 Å².